The smallest absolute Gasteiger partial charge is 0.435 e. The molecule has 658 valence electrons. The highest BCUT2D eigenvalue weighted by Gasteiger charge is 2.38. The summed E-state index contributed by atoms with van der Waals surface area (Å²) in [6.45, 7) is -6.05. The van der Waals surface area contributed by atoms with Crippen molar-refractivity contribution in [3.05, 3.63) is 292 Å². The first kappa shape index (κ1) is 86.8. The maximum atomic E-state index is 14.1. The summed E-state index contributed by atoms with van der Waals surface area (Å²) in [5.74, 6) is -3.10. The Kier molecular flexibility index (Phi) is 23.7. The van der Waals surface area contributed by atoms with Gasteiger partial charge in [0.15, 0.2) is 11.6 Å². The van der Waals surface area contributed by atoms with E-state index in [2.05, 4.69) is 93.6 Å². The number of ether oxygens (including phenoxy) is 3. The van der Waals surface area contributed by atoms with Crippen molar-refractivity contribution in [2.45, 2.75) is 101 Å². The molecule has 4 saturated carbocycles. The molecule has 4 aliphatic rings. The molecule has 131 heavy (non-hydrogen) atoms. The molecule has 0 aliphatic heterocycles. The predicted molar refractivity (Wildman–Crippen MR) is 444 cm³/mol. The maximum Gasteiger partial charge on any atom is 0.573 e. The number of halogens is 16. The zero-order chi connectivity index (χ0) is 91.8. The molecule has 4 aromatic carbocycles. The fourth-order valence-electron chi connectivity index (χ4n) is 14.5. The number of imidazole rings is 4. The average Bonchev–Trinajstić information content (AvgIpc) is 1.63. The molecule has 39 heteroatoms. The number of nitriles is 4. The molecule has 23 nitrogen and oxygen atoms in total. The van der Waals surface area contributed by atoms with Crippen LogP contribution in [0.4, 0.5) is 116 Å². The van der Waals surface area contributed by atoms with Gasteiger partial charge in [0.1, 0.15) is 86.4 Å². The molecule has 4 fully saturated rings. The second-order valence-corrected chi connectivity index (χ2v) is 30.4. The van der Waals surface area contributed by atoms with Crippen LogP contribution >= 0.6 is 0 Å². The van der Waals surface area contributed by atoms with E-state index in [0.29, 0.717) is 114 Å². The van der Waals surface area contributed by atoms with Crippen LogP contribution in [0.25, 0.3) is 68.1 Å². The summed E-state index contributed by atoms with van der Waals surface area (Å²) in [5, 5.41) is 49.8. The number of alkyl halides is 10. The van der Waals surface area contributed by atoms with Gasteiger partial charge in [-0.05, 0) is 227 Å². The minimum atomic E-state index is -4.81. The van der Waals surface area contributed by atoms with Crippen molar-refractivity contribution in [2.75, 3.05) is 21.3 Å². The molecular weight excluding hydrogens is 1740 g/mol. The molecular formula is C92H60F16N20O3. The molecule has 16 aromatic rings. The van der Waals surface area contributed by atoms with E-state index >= 15 is 0 Å². The molecule has 0 amide bonds. The number of pyridine rings is 8. The number of hydrogen-bond acceptors (Lipinski definition) is 19. The quantitative estimate of drug-likeness (QED) is 0.0486. The Morgan fingerprint density at radius 3 is 0.893 bits per heavy atom. The highest BCUT2D eigenvalue weighted by Crippen LogP contribution is 2.49. The van der Waals surface area contributed by atoms with Crippen LogP contribution in [-0.2, 0) is 6.18 Å². The highest BCUT2D eigenvalue weighted by atomic mass is 19.4. The second-order valence-electron chi connectivity index (χ2n) is 30.4. The lowest BCUT2D eigenvalue weighted by Crippen LogP contribution is -2.16. The Bertz CT molecular complexity index is 7280. The van der Waals surface area contributed by atoms with Crippen LogP contribution < -0.4 is 35.5 Å². The van der Waals surface area contributed by atoms with Crippen LogP contribution in [-0.4, -0.2) is 77.1 Å². The Morgan fingerprint density at radius 1 is 0.328 bits per heavy atom. The monoisotopic (exact) mass is 1800 g/mol. The molecule has 20 rings (SSSR count). The van der Waals surface area contributed by atoms with E-state index in [1.54, 1.807) is 78.3 Å². The second kappa shape index (κ2) is 35.8. The van der Waals surface area contributed by atoms with E-state index in [1.807, 2.05) is 6.07 Å². The van der Waals surface area contributed by atoms with E-state index in [-0.39, 0.29) is 69.3 Å². The first-order valence-electron chi connectivity index (χ1n) is 39.9. The van der Waals surface area contributed by atoms with Crippen LogP contribution in [0.15, 0.2) is 207 Å². The van der Waals surface area contributed by atoms with Crippen molar-refractivity contribution in [1.82, 2.24) is 57.5 Å². The molecule has 0 unspecified atom stereocenters. The van der Waals surface area contributed by atoms with Gasteiger partial charge in [0.2, 0.25) is 0 Å². The van der Waals surface area contributed by atoms with E-state index in [4.69, 9.17) is 0 Å². The zero-order valence-corrected chi connectivity index (χ0v) is 67.2. The van der Waals surface area contributed by atoms with Crippen molar-refractivity contribution >= 4 is 68.6 Å². The van der Waals surface area contributed by atoms with E-state index in [9.17, 15) is 91.3 Å². The number of fused-ring (bicyclic) bond motifs is 4. The van der Waals surface area contributed by atoms with Gasteiger partial charge in [0.25, 0.3) is 0 Å². The van der Waals surface area contributed by atoms with Gasteiger partial charge in [0.05, 0.1) is 120 Å². The summed E-state index contributed by atoms with van der Waals surface area (Å²) in [4.78, 5) is 36.8. The van der Waals surface area contributed by atoms with E-state index < -0.39 is 72.0 Å². The number of nitrogens with zero attached hydrogens (tertiary/aromatic N) is 16. The van der Waals surface area contributed by atoms with Crippen molar-refractivity contribution in [3.63, 3.8) is 0 Å². The SMILES string of the molecule is N#Cc1cc(Nc2ccc(C(F)(F)F)c(F)c2)nc(-c2c(C3CC3)nc3ccc(F)cn23)c1.N#Cc1cc(Nc2ccc(OC(F)(F)F)cc2)nc(-c2c(C3CC3)nc3ccc(F)cn23)c1.N#Cc1cc(Nc2ccc(OC(F)F)c(F)c2)nc(-c2c(C3CC3)nc3ccc(F)cn23)c1.N#Cc1cc(Nc2ccc(OC(F)F)cc2)nc(-c2c(C3CC3)nc3ccc(F)cn23)c1. The molecule has 0 bridgehead atoms. The summed E-state index contributed by atoms with van der Waals surface area (Å²) < 4.78 is 228. The van der Waals surface area contributed by atoms with Gasteiger partial charge in [0, 0.05) is 77.3 Å². The Hall–Kier alpha value is -16.3. The lowest BCUT2D eigenvalue weighted by atomic mass is 10.1. The van der Waals surface area contributed by atoms with Crippen LogP contribution in [0.1, 0.15) is 126 Å². The minimum Gasteiger partial charge on any atom is -0.435 e. The summed E-state index contributed by atoms with van der Waals surface area (Å²) in [6, 6.07) is 49.1. The minimum absolute atomic E-state index is 0.0284. The Balaban J connectivity index is 0.000000122. The lowest BCUT2D eigenvalue weighted by molar-refractivity contribution is -0.274. The first-order valence-corrected chi connectivity index (χ1v) is 39.9. The van der Waals surface area contributed by atoms with Crippen molar-refractivity contribution in [3.8, 4) is 87.1 Å². The third kappa shape index (κ3) is 20.2. The molecule has 4 aliphatic carbocycles. The first-order chi connectivity index (χ1) is 62.9. The van der Waals surface area contributed by atoms with E-state index in [1.165, 1.54) is 116 Å². The number of nitrogens with one attached hydrogen (secondary N) is 4. The Labute approximate surface area is 729 Å². The van der Waals surface area contributed by atoms with Crippen LogP contribution in [0.2, 0.25) is 0 Å². The number of benzene rings is 4. The van der Waals surface area contributed by atoms with Gasteiger partial charge in [-0.2, -0.15) is 51.8 Å². The summed E-state index contributed by atoms with van der Waals surface area (Å²) in [7, 11) is 0. The number of rotatable bonds is 21. The predicted octanol–water partition coefficient (Wildman–Crippen LogP) is 23.5. The van der Waals surface area contributed by atoms with Crippen LogP contribution in [0.5, 0.6) is 17.2 Å². The molecule has 0 radical (unpaired) electrons. The zero-order valence-electron chi connectivity index (χ0n) is 67.2. The summed E-state index contributed by atoms with van der Waals surface area (Å²) in [6.07, 6.45) is 3.37. The standard InChI is InChI=1S/C23H14F5N5.2C23H15F4N5O.C23H16F3N5O/c24-14-3-6-20-32-21(13-1-2-13)22(33(20)11-14)18-7-12(10-29)8-19(31-18)30-15-4-5-16(17(25)9-15)23(26,27)28;24-15-3-8-20-31-21(14-1-2-14)22(32(20)12-15)18-9-13(11-28)10-19(30-18)29-16-4-6-17(7-5-16)33-23(25,26)27;24-14-3-6-20-31-21(13-1-2-13)22(32(20)11-14)17-7-12(10-28)8-19(30-17)29-15-4-5-18(16(25)9-15)33-23(26)27;24-15-3-8-20-30-21(14-1-2-14)22(31(20)12-15)18-9-13(11-27)10-19(29-18)28-16-4-6-17(7-5-16)32-23(25)26/h3-9,11,13H,1-2H2,(H,30,31);3-10,12,14H,1-2H2,(H,29,30);3-9,11,13,23H,1-2H2,(H,29,30);3-10,12,14,23H,1-2H2,(H,28,29). The largest absolute Gasteiger partial charge is 0.573 e. The topological polar surface area (TPSA) is 292 Å². The maximum absolute atomic E-state index is 14.1. The third-order valence-corrected chi connectivity index (χ3v) is 20.8. The average molecular weight is 1800 g/mol. The van der Waals surface area contributed by atoms with Crippen molar-refractivity contribution in [2.24, 2.45) is 0 Å². The summed E-state index contributed by atoms with van der Waals surface area (Å²) >= 11 is 0. The third-order valence-electron chi connectivity index (χ3n) is 20.8. The normalized spacial score (nSPS) is 13.5. The van der Waals surface area contributed by atoms with Gasteiger partial charge in [-0.1, -0.05) is 0 Å². The molecule has 0 saturated heterocycles. The Morgan fingerprint density at radius 2 is 0.618 bits per heavy atom. The number of hydrogen-bond donors (Lipinski definition) is 4. The fraction of sp³-hybridized carbons (Fsp3) is 0.174. The van der Waals surface area contributed by atoms with E-state index in [0.717, 1.165) is 92.3 Å². The lowest BCUT2D eigenvalue weighted by Gasteiger charge is -2.12. The molecule has 4 N–H and O–H groups in total. The van der Waals surface area contributed by atoms with Crippen molar-refractivity contribution < 1.29 is 84.5 Å². The van der Waals surface area contributed by atoms with Gasteiger partial charge < -0.3 is 35.5 Å². The number of aromatic nitrogens is 12. The highest BCUT2D eigenvalue weighted by molar-refractivity contribution is 5.76. The number of anilines is 8. The molecule has 0 atom stereocenters. The van der Waals surface area contributed by atoms with Gasteiger partial charge in [-0.15, -0.1) is 13.2 Å². The van der Waals surface area contributed by atoms with Gasteiger partial charge >= 0.3 is 25.8 Å². The fourth-order valence-corrected chi connectivity index (χ4v) is 14.5. The molecule has 12 aromatic heterocycles. The van der Waals surface area contributed by atoms with Gasteiger partial charge in [-0.25, -0.2) is 66.2 Å². The molecule has 0 spiro atoms. The van der Waals surface area contributed by atoms with Crippen LogP contribution in [0.3, 0.4) is 0 Å². The van der Waals surface area contributed by atoms with Crippen molar-refractivity contribution in [1.29, 1.82) is 21.0 Å². The van der Waals surface area contributed by atoms with Gasteiger partial charge in [-0.3, -0.25) is 17.6 Å². The summed E-state index contributed by atoms with van der Waals surface area (Å²) in [5.41, 5.74) is 10.5. The van der Waals surface area contributed by atoms with Crippen LogP contribution in [0, 0.1) is 80.2 Å². The molecule has 12 heterocycles.